The lowest BCUT2D eigenvalue weighted by Gasteiger charge is -2.01. The lowest BCUT2D eigenvalue weighted by Crippen LogP contribution is -1.95. The fraction of sp³-hybridized carbons (Fsp3) is 0.300. The number of aryl methyl sites for hydroxylation is 1. The van der Waals surface area contributed by atoms with Gasteiger partial charge in [0.15, 0.2) is 0 Å². The first kappa shape index (κ1) is 8.10. The van der Waals surface area contributed by atoms with Crippen molar-refractivity contribution >= 4 is 5.71 Å². The third-order valence-electron chi connectivity index (χ3n) is 2.25. The Balaban J connectivity index is 2.52. The van der Waals surface area contributed by atoms with Gasteiger partial charge in [-0.3, -0.25) is 0 Å². The molecule has 0 aromatic heterocycles. The van der Waals surface area contributed by atoms with Crippen LogP contribution in [0.25, 0.3) is 0 Å². The maximum absolute atomic E-state index is 9.59. The van der Waals surface area contributed by atoms with Crippen LogP contribution in [-0.2, 0) is 11.3 Å². The molecule has 3 heteroatoms. The second kappa shape index (κ2) is 3.09. The lowest BCUT2D eigenvalue weighted by molar-refractivity contribution is 0.213. The van der Waals surface area contributed by atoms with Gasteiger partial charge in [-0.25, -0.2) is 0 Å². The molecule has 0 unspecified atom stereocenters. The topological polar surface area (TPSA) is 41.8 Å². The standard InChI is InChI=1S/C10H11NO2/c1-13-11-8-6-5-7-3-2-4-9(12)10(7)8/h2-4,12H,5-6H2,1H3/b11-8+. The van der Waals surface area contributed by atoms with E-state index in [1.807, 2.05) is 12.1 Å². The monoisotopic (exact) mass is 177 g/mol. The molecular weight excluding hydrogens is 166 g/mol. The molecule has 3 nitrogen and oxygen atoms in total. The van der Waals surface area contributed by atoms with E-state index in [0.717, 1.165) is 29.7 Å². The number of nitrogens with zero attached hydrogens (tertiary/aromatic N) is 1. The molecule has 0 atom stereocenters. The normalized spacial score (nSPS) is 17.5. The predicted molar refractivity (Wildman–Crippen MR) is 50.0 cm³/mol. The van der Waals surface area contributed by atoms with Crippen LogP contribution in [0.4, 0.5) is 0 Å². The van der Waals surface area contributed by atoms with Gasteiger partial charge in [-0.15, -0.1) is 0 Å². The van der Waals surface area contributed by atoms with Crippen LogP contribution in [0.2, 0.25) is 0 Å². The molecule has 0 saturated heterocycles. The first-order valence-corrected chi connectivity index (χ1v) is 4.24. The van der Waals surface area contributed by atoms with E-state index in [1.165, 1.54) is 7.11 Å². The highest BCUT2D eigenvalue weighted by atomic mass is 16.6. The van der Waals surface area contributed by atoms with Gasteiger partial charge in [-0.2, -0.15) is 0 Å². The molecule has 0 heterocycles. The van der Waals surface area contributed by atoms with E-state index in [9.17, 15) is 5.11 Å². The summed E-state index contributed by atoms with van der Waals surface area (Å²) >= 11 is 0. The molecule has 0 spiro atoms. The number of phenolic OH excluding ortho intramolecular Hbond substituents is 1. The molecule has 2 rings (SSSR count). The Morgan fingerprint density at radius 2 is 2.23 bits per heavy atom. The van der Waals surface area contributed by atoms with Crippen LogP contribution in [0.5, 0.6) is 5.75 Å². The van der Waals surface area contributed by atoms with Crippen LogP contribution in [-0.4, -0.2) is 17.9 Å². The van der Waals surface area contributed by atoms with Crippen molar-refractivity contribution in [2.75, 3.05) is 7.11 Å². The van der Waals surface area contributed by atoms with Crippen LogP contribution >= 0.6 is 0 Å². The minimum atomic E-state index is 0.297. The smallest absolute Gasteiger partial charge is 0.125 e. The van der Waals surface area contributed by atoms with Gasteiger partial charge in [0.1, 0.15) is 12.9 Å². The zero-order chi connectivity index (χ0) is 9.26. The molecule has 0 fully saturated rings. The van der Waals surface area contributed by atoms with E-state index < -0.39 is 0 Å². The van der Waals surface area contributed by atoms with Gasteiger partial charge in [-0.1, -0.05) is 17.3 Å². The quantitative estimate of drug-likeness (QED) is 0.663. The molecule has 1 aromatic rings. The summed E-state index contributed by atoms with van der Waals surface area (Å²) in [6, 6.07) is 5.53. The largest absolute Gasteiger partial charge is 0.507 e. The van der Waals surface area contributed by atoms with Crippen LogP contribution in [0.3, 0.4) is 0 Å². The summed E-state index contributed by atoms with van der Waals surface area (Å²) in [6.07, 6.45) is 1.78. The van der Waals surface area contributed by atoms with Crippen LogP contribution < -0.4 is 0 Å². The Kier molecular flexibility index (Phi) is 1.93. The van der Waals surface area contributed by atoms with E-state index >= 15 is 0 Å². The lowest BCUT2D eigenvalue weighted by atomic mass is 10.1. The number of aromatic hydroxyl groups is 1. The molecule has 1 aliphatic carbocycles. The Morgan fingerprint density at radius 1 is 1.38 bits per heavy atom. The van der Waals surface area contributed by atoms with E-state index in [1.54, 1.807) is 6.07 Å². The van der Waals surface area contributed by atoms with Gasteiger partial charge >= 0.3 is 0 Å². The molecule has 1 aliphatic rings. The average molecular weight is 177 g/mol. The van der Waals surface area contributed by atoms with Crippen molar-refractivity contribution < 1.29 is 9.94 Å². The van der Waals surface area contributed by atoms with Crippen LogP contribution in [0.15, 0.2) is 23.4 Å². The zero-order valence-corrected chi connectivity index (χ0v) is 7.45. The van der Waals surface area contributed by atoms with Crippen LogP contribution in [0, 0.1) is 0 Å². The summed E-state index contributed by atoms with van der Waals surface area (Å²) in [5.41, 5.74) is 2.84. The SMILES string of the molecule is CO/N=C1\CCc2cccc(O)c21. The van der Waals surface area contributed by atoms with Gasteiger partial charge in [0.25, 0.3) is 0 Å². The number of rotatable bonds is 1. The van der Waals surface area contributed by atoms with Crippen molar-refractivity contribution in [1.82, 2.24) is 0 Å². The van der Waals surface area contributed by atoms with E-state index in [0.29, 0.717) is 5.75 Å². The van der Waals surface area contributed by atoms with Gasteiger partial charge < -0.3 is 9.94 Å². The van der Waals surface area contributed by atoms with E-state index in [2.05, 4.69) is 5.16 Å². The Hall–Kier alpha value is -1.51. The van der Waals surface area contributed by atoms with Crippen molar-refractivity contribution in [3.8, 4) is 5.75 Å². The maximum Gasteiger partial charge on any atom is 0.125 e. The summed E-state index contributed by atoms with van der Waals surface area (Å²) in [5.74, 6) is 0.297. The fourth-order valence-corrected chi connectivity index (χ4v) is 1.71. The third-order valence-corrected chi connectivity index (χ3v) is 2.25. The highest BCUT2D eigenvalue weighted by Gasteiger charge is 2.21. The summed E-state index contributed by atoms with van der Waals surface area (Å²) < 4.78 is 0. The fourth-order valence-electron chi connectivity index (χ4n) is 1.71. The molecule has 68 valence electrons. The molecule has 0 saturated carbocycles. The molecule has 13 heavy (non-hydrogen) atoms. The summed E-state index contributed by atoms with van der Waals surface area (Å²) in [6.45, 7) is 0. The Morgan fingerprint density at radius 3 is 3.00 bits per heavy atom. The molecule has 0 radical (unpaired) electrons. The van der Waals surface area contributed by atoms with E-state index in [4.69, 9.17) is 4.84 Å². The second-order valence-corrected chi connectivity index (χ2v) is 3.03. The summed E-state index contributed by atoms with van der Waals surface area (Å²) in [5, 5.41) is 13.5. The first-order valence-electron chi connectivity index (χ1n) is 4.24. The number of benzene rings is 1. The van der Waals surface area contributed by atoms with Crippen molar-refractivity contribution in [2.24, 2.45) is 5.16 Å². The average Bonchev–Trinajstić information content (AvgIpc) is 2.51. The van der Waals surface area contributed by atoms with Crippen molar-refractivity contribution in [3.63, 3.8) is 0 Å². The highest BCUT2D eigenvalue weighted by Crippen LogP contribution is 2.29. The first-order chi connectivity index (χ1) is 6.33. The highest BCUT2D eigenvalue weighted by molar-refractivity contribution is 6.06. The van der Waals surface area contributed by atoms with Crippen molar-refractivity contribution in [1.29, 1.82) is 0 Å². The van der Waals surface area contributed by atoms with Crippen molar-refractivity contribution in [3.05, 3.63) is 29.3 Å². The van der Waals surface area contributed by atoms with Crippen molar-refractivity contribution in [2.45, 2.75) is 12.8 Å². The number of hydrogen-bond donors (Lipinski definition) is 1. The Bertz CT molecular complexity index is 358. The van der Waals surface area contributed by atoms with Gasteiger partial charge in [0.05, 0.1) is 5.71 Å². The van der Waals surface area contributed by atoms with Gasteiger partial charge in [-0.05, 0) is 24.5 Å². The number of phenols is 1. The minimum absolute atomic E-state index is 0.297. The molecular formula is C10H11NO2. The number of hydrogen-bond acceptors (Lipinski definition) is 3. The minimum Gasteiger partial charge on any atom is -0.507 e. The molecule has 0 aliphatic heterocycles. The summed E-state index contributed by atoms with van der Waals surface area (Å²) in [4.78, 5) is 4.71. The Labute approximate surface area is 76.6 Å². The third kappa shape index (κ3) is 1.26. The second-order valence-electron chi connectivity index (χ2n) is 3.03. The molecule has 1 aromatic carbocycles. The van der Waals surface area contributed by atoms with Gasteiger partial charge in [0.2, 0.25) is 0 Å². The molecule has 0 bridgehead atoms. The molecule has 0 amide bonds. The summed E-state index contributed by atoms with van der Waals surface area (Å²) in [7, 11) is 1.52. The number of fused-ring (bicyclic) bond motifs is 1. The zero-order valence-electron chi connectivity index (χ0n) is 7.45. The van der Waals surface area contributed by atoms with E-state index in [-0.39, 0.29) is 0 Å². The maximum atomic E-state index is 9.59. The van der Waals surface area contributed by atoms with Crippen LogP contribution in [0.1, 0.15) is 17.5 Å². The predicted octanol–water partition coefficient (Wildman–Crippen LogP) is 1.69. The number of oxime groups is 1. The molecule has 1 N–H and O–H groups in total. The van der Waals surface area contributed by atoms with Gasteiger partial charge in [0, 0.05) is 5.56 Å².